The molecular formula is C13H13FN2O2S2. The second kappa shape index (κ2) is 6.62. The van der Waals surface area contributed by atoms with Crippen LogP contribution in [0, 0.1) is 5.82 Å². The molecule has 1 amide bonds. The molecule has 4 nitrogen and oxygen atoms in total. The Morgan fingerprint density at radius 1 is 1.40 bits per heavy atom. The van der Waals surface area contributed by atoms with E-state index in [1.807, 2.05) is 5.38 Å². The second-order valence-electron chi connectivity index (χ2n) is 4.02. The lowest BCUT2D eigenvalue weighted by Gasteiger charge is -2.07. The molecule has 106 valence electrons. The van der Waals surface area contributed by atoms with Crippen molar-refractivity contribution < 1.29 is 13.4 Å². The van der Waals surface area contributed by atoms with Crippen molar-refractivity contribution in [1.82, 2.24) is 0 Å². The maximum atomic E-state index is 13.4. The third-order valence-electron chi connectivity index (χ3n) is 2.50. The number of thiophene rings is 1. The summed E-state index contributed by atoms with van der Waals surface area (Å²) in [6.45, 7) is 0. The average molecular weight is 312 g/mol. The minimum absolute atomic E-state index is 0.0388. The van der Waals surface area contributed by atoms with E-state index < -0.39 is 16.6 Å². The van der Waals surface area contributed by atoms with E-state index in [9.17, 15) is 13.4 Å². The lowest BCUT2D eigenvalue weighted by atomic mass is 10.2. The van der Waals surface area contributed by atoms with Gasteiger partial charge >= 0.3 is 0 Å². The Hall–Kier alpha value is -1.73. The first-order chi connectivity index (χ1) is 9.56. The van der Waals surface area contributed by atoms with Crippen LogP contribution in [-0.2, 0) is 15.6 Å². The van der Waals surface area contributed by atoms with Crippen LogP contribution in [0.15, 0.2) is 39.9 Å². The number of amides is 1. The maximum absolute atomic E-state index is 13.4. The third kappa shape index (κ3) is 3.88. The molecule has 1 unspecified atom stereocenters. The van der Waals surface area contributed by atoms with Crippen LogP contribution in [0.4, 0.5) is 15.8 Å². The van der Waals surface area contributed by atoms with E-state index in [1.165, 1.54) is 29.5 Å². The number of carbonyl (C=O) groups is 1. The van der Waals surface area contributed by atoms with E-state index in [4.69, 9.17) is 5.73 Å². The SMILES string of the molecule is Nc1ccc(F)c(NC(=O)CCS(=O)c2cccs2)c1. The van der Waals surface area contributed by atoms with Gasteiger partial charge in [0.15, 0.2) is 0 Å². The largest absolute Gasteiger partial charge is 0.399 e. The van der Waals surface area contributed by atoms with Gasteiger partial charge in [0.25, 0.3) is 0 Å². The summed E-state index contributed by atoms with van der Waals surface area (Å²) < 4.78 is 26.0. The molecule has 7 heteroatoms. The molecule has 0 spiro atoms. The van der Waals surface area contributed by atoms with Gasteiger partial charge in [0.05, 0.1) is 20.7 Å². The van der Waals surface area contributed by atoms with Crippen LogP contribution in [0.1, 0.15) is 6.42 Å². The zero-order valence-corrected chi connectivity index (χ0v) is 12.1. The van der Waals surface area contributed by atoms with Crippen LogP contribution >= 0.6 is 11.3 Å². The van der Waals surface area contributed by atoms with Crippen molar-refractivity contribution in [2.75, 3.05) is 16.8 Å². The number of rotatable bonds is 5. The highest BCUT2D eigenvalue weighted by atomic mass is 32.2. The fraction of sp³-hybridized carbons (Fsp3) is 0.154. The van der Waals surface area contributed by atoms with E-state index in [0.717, 1.165) is 4.21 Å². The Balaban J connectivity index is 1.90. The molecule has 0 aliphatic heterocycles. The zero-order valence-electron chi connectivity index (χ0n) is 10.5. The molecule has 0 aliphatic carbocycles. The lowest BCUT2D eigenvalue weighted by Crippen LogP contribution is -2.15. The first-order valence-electron chi connectivity index (χ1n) is 5.83. The molecule has 1 heterocycles. The summed E-state index contributed by atoms with van der Waals surface area (Å²) in [6.07, 6.45) is 0.0543. The summed E-state index contributed by atoms with van der Waals surface area (Å²) in [4.78, 5) is 11.7. The summed E-state index contributed by atoms with van der Waals surface area (Å²) in [6, 6.07) is 7.52. The maximum Gasteiger partial charge on any atom is 0.225 e. The Morgan fingerprint density at radius 3 is 2.90 bits per heavy atom. The van der Waals surface area contributed by atoms with Gasteiger partial charge in [-0.15, -0.1) is 11.3 Å². The number of hydrogen-bond acceptors (Lipinski definition) is 4. The number of nitrogens with two attached hydrogens (primary N) is 1. The Morgan fingerprint density at radius 2 is 2.20 bits per heavy atom. The van der Waals surface area contributed by atoms with E-state index >= 15 is 0 Å². The lowest BCUT2D eigenvalue weighted by molar-refractivity contribution is -0.115. The van der Waals surface area contributed by atoms with Crippen LogP contribution in [0.5, 0.6) is 0 Å². The molecule has 0 saturated carbocycles. The number of nitrogens with one attached hydrogen (secondary N) is 1. The van der Waals surface area contributed by atoms with Gasteiger partial charge in [-0.25, -0.2) is 4.39 Å². The average Bonchev–Trinajstić information content (AvgIpc) is 2.94. The Labute approximate surface area is 122 Å². The van der Waals surface area contributed by atoms with E-state index in [1.54, 1.807) is 12.1 Å². The molecule has 0 aliphatic rings. The Bertz CT molecular complexity index is 629. The number of benzene rings is 1. The third-order valence-corrected chi connectivity index (χ3v) is 5.17. The fourth-order valence-electron chi connectivity index (χ4n) is 1.53. The monoisotopic (exact) mass is 312 g/mol. The molecular weight excluding hydrogens is 299 g/mol. The summed E-state index contributed by atoms with van der Waals surface area (Å²) in [5.74, 6) is -0.734. The fourth-order valence-corrected chi connectivity index (χ4v) is 3.63. The van der Waals surface area contributed by atoms with Crippen LogP contribution in [0.25, 0.3) is 0 Å². The van der Waals surface area contributed by atoms with E-state index in [2.05, 4.69) is 5.32 Å². The minimum Gasteiger partial charge on any atom is -0.399 e. The molecule has 0 bridgehead atoms. The van der Waals surface area contributed by atoms with Gasteiger partial charge in [-0.3, -0.25) is 9.00 Å². The minimum atomic E-state index is -1.20. The predicted molar refractivity (Wildman–Crippen MR) is 79.7 cm³/mol. The van der Waals surface area contributed by atoms with Gasteiger partial charge in [-0.2, -0.15) is 0 Å². The summed E-state index contributed by atoms with van der Waals surface area (Å²) in [7, 11) is -1.20. The number of carbonyl (C=O) groups excluding carboxylic acids is 1. The summed E-state index contributed by atoms with van der Waals surface area (Å²) in [5.41, 5.74) is 5.93. The van der Waals surface area contributed by atoms with Gasteiger partial charge < -0.3 is 11.1 Å². The highest BCUT2D eigenvalue weighted by Crippen LogP contribution is 2.18. The molecule has 0 radical (unpaired) electrons. The quantitative estimate of drug-likeness (QED) is 0.834. The van der Waals surface area contributed by atoms with Gasteiger partial charge in [0, 0.05) is 17.9 Å². The number of hydrogen-bond donors (Lipinski definition) is 2. The van der Waals surface area contributed by atoms with Crippen molar-refractivity contribution in [3.8, 4) is 0 Å². The predicted octanol–water partition coefficient (Wildman–Crippen LogP) is 2.61. The number of halogens is 1. The highest BCUT2D eigenvalue weighted by Gasteiger charge is 2.11. The van der Waals surface area contributed by atoms with Crippen molar-refractivity contribution in [2.24, 2.45) is 0 Å². The molecule has 2 rings (SSSR count). The first-order valence-corrected chi connectivity index (χ1v) is 8.03. The summed E-state index contributed by atoms with van der Waals surface area (Å²) >= 11 is 1.38. The van der Waals surface area contributed by atoms with E-state index in [0.29, 0.717) is 5.69 Å². The van der Waals surface area contributed by atoms with Crippen LogP contribution < -0.4 is 11.1 Å². The molecule has 2 aromatic rings. The number of anilines is 2. The molecule has 1 aromatic heterocycles. The van der Waals surface area contributed by atoms with Crippen LogP contribution in [0.2, 0.25) is 0 Å². The molecule has 0 saturated heterocycles. The van der Waals surface area contributed by atoms with Crippen LogP contribution in [0.3, 0.4) is 0 Å². The van der Waals surface area contributed by atoms with Crippen molar-refractivity contribution in [1.29, 1.82) is 0 Å². The molecule has 3 N–H and O–H groups in total. The topological polar surface area (TPSA) is 72.2 Å². The van der Waals surface area contributed by atoms with Crippen molar-refractivity contribution in [3.63, 3.8) is 0 Å². The summed E-state index contributed by atoms with van der Waals surface area (Å²) in [5, 5.41) is 4.26. The van der Waals surface area contributed by atoms with Gasteiger partial charge in [0.2, 0.25) is 5.91 Å². The standard InChI is InChI=1S/C13H13FN2O2S2/c14-10-4-3-9(15)8-11(10)16-12(17)5-7-20(18)13-2-1-6-19-13/h1-4,6,8H,5,7,15H2,(H,16,17). The van der Waals surface area contributed by atoms with Gasteiger partial charge in [-0.1, -0.05) is 6.07 Å². The zero-order chi connectivity index (χ0) is 14.5. The smallest absolute Gasteiger partial charge is 0.225 e. The van der Waals surface area contributed by atoms with Crippen molar-refractivity contribution in [3.05, 3.63) is 41.5 Å². The van der Waals surface area contributed by atoms with E-state index in [-0.39, 0.29) is 23.8 Å². The van der Waals surface area contributed by atoms with Crippen molar-refractivity contribution >= 4 is 39.4 Å². The first kappa shape index (κ1) is 14.7. The molecule has 1 atom stereocenters. The van der Waals surface area contributed by atoms with Crippen molar-refractivity contribution in [2.45, 2.75) is 10.6 Å². The van der Waals surface area contributed by atoms with Gasteiger partial charge in [0.1, 0.15) is 5.82 Å². The molecule has 1 aromatic carbocycles. The Kier molecular flexibility index (Phi) is 4.86. The highest BCUT2D eigenvalue weighted by molar-refractivity contribution is 7.87. The van der Waals surface area contributed by atoms with Gasteiger partial charge in [-0.05, 0) is 29.6 Å². The number of nitrogen functional groups attached to an aromatic ring is 1. The van der Waals surface area contributed by atoms with Crippen LogP contribution in [-0.4, -0.2) is 15.9 Å². The molecule has 0 fully saturated rings. The normalized spacial score (nSPS) is 12.1. The molecule has 20 heavy (non-hydrogen) atoms. The second-order valence-corrected chi connectivity index (χ2v) is 6.76.